The number of hydrogen-bond donors (Lipinski definition) is 3. The summed E-state index contributed by atoms with van der Waals surface area (Å²) in [5, 5.41) is 10.2. The summed E-state index contributed by atoms with van der Waals surface area (Å²) in [7, 11) is 0. The summed E-state index contributed by atoms with van der Waals surface area (Å²) in [6.45, 7) is 6.32. The Morgan fingerprint density at radius 3 is 2.89 bits per heavy atom. The van der Waals surface area contributed by atoms with Gasteiger partial charge in [0, 0.05) is 24.7 Å². The van der Waals surface area contributed by atoms with Crippen LogP contribution >= 0.6 is 0 Å². The Morgan fingerprint density at radius 2 is 2.16 bits per heavy atom. The summed E-state index contributed by atoms with van der Waals surface area (Å²) in [5.74, 6) is 1.78. The van der Waals surface area contributed by atoms with Gasteiger partial charge in [-0.25, -0.2) is 9.97 Å². The molecule has 1 aromatic rings. The lowest BCUT2D eigenvalue weighted by Gasteiger charge is -2.23. The molecule has 19 heavy (non-hydrogen) atoms. The van der Waals surface area contributed by atoms with Crippen molar-refractivity contribution in [3.05, 3.63) is 12.4 Å². The topological polar surface area (TPSA) is 61.9 Å². The third-order valence-corrected chi connectivity index (χ3v) is 3.31. The van der Waals surface area contributed by atoms with Crippen LogP contribution in [0.2, 0.25) is 0 Å². The number of rotatable bonds is 6. The molecule has 0 amide bonds. The van der Waals surface area contributed by atoms with E-state index in [0.29, 0.717) is 12.1 Å². The van der Waals surface area contributed by atoms with Crippen molar-refractivity contribution in [2.24, 2.45) is 0 Å². The predicted molar refractivity (Wildman–Crippen MR) is 79.5 cm³/mol. The minimum absolute atomic E-state index is 0.384. The van der Waals surface area contributed by atoms with Crippen LogP contribution in [0, 0.1) is 0 Å². The maximum absolute atomic E-state index is 4.25. The molecular weight excluding hydrogens is 238 g/mol. The normalized spacial score (nSPS) is 19.4. The largest absolute Gasteiger partial charge is 0.370 e. The Kier molecular flexibility index (Phi) is 5.39. The molecule has 0 spiro atoms. The summed E-state index contributed by atoms with van der Waals surface area (Å²) in [4.78, 5) is 8.45. The zero-order valence-electron chi connectivity index (χ0n) is 11.9. The second-order valence-corrected chi connectivity index (χ2v) is 5.45. The Hall–Kier alpha value is -1.36. The zero-order chi connectivity index (χ0) is 13.5. The highest BCUT2D eigenvalue weighted by Gasteiger charge is 2.11. The van der Waals surface area contributed by atoms with E-state index >= 15 is 0 Å². The molecule has 1 unspecified atom stereocenters. The molecule has 5 nitrogen and oxygen atoms in total. The number of nitrogens with one attached hydrogen (secondary N) is 3. The number of aromatic nitrogens is 2. The minimum atomic E-state index is 0.384. The fourth-order valence-electron chi connectivity index (χ4n) is 2.37. The second kappa shape index (κ2) is 7.28. The van der Waals surface area contributed by atoms with Crippen molar-refractivity contribution in [2.45, 2.75) is 51.6 Å². The standard InChI is InChI=1S/C14H25N5/c1-11(2)19-14-9-13(17-10-18-14)16-8-6-12-5-3-4-7-15-12/h9-12,15H,3-8H2,1-2H3,(H2,16,17,18,19). The molecule has 0 radical (unpaired) electrons. The molecule has 0 bridgehead atoms. The lowest BCUT2D eigenvalue weighted by molar-refractivity contribution is 0.389. The predicted octanol–water partition coefficient (Wildman–Crippen LogP) is 2.24. The van der Waals surface area contributed by atoms with Gasteiger partial charge in [-0.05, 0) is 39.7 Å². The maximum Gasteiger partial charge on any atom is 0.131 e. The van der Waals surface area contributed by atoms with Gasteiger partial charge in [-0.2, -0.15) is 0 Å². The SMILES string of the molecule is CC(C)Nc1cc(NCCC2CCCCN2)ncn1. The lowest BCUT2D eigenvalue weighted by Crippen LogP contribution is -2.35. The van der Waals surface area contributed by atoms with Crippen molar-refractivity contribution in [3.8, 4) is 0 Å². The van der Waals surface area contributed by atoms with E-state index in [1.807, 2.05) is 6.07 Å². The smallest absolute Gasteiger partial charge is 0.131 e. The van der Waals surface area contributed by atoms with Crippen molar-refractivity contribution >= 4 is 11.6 Å². The molecule has 1 saturated heterocycles. The number of anilines is 2. The van der Waals surface area contributed by atoms with Gasteiger partial charge in [0.1, 0.15) is 18.0 Å². The molecule has 3 N–H and O–H groups in total. The van der Waals surface area contributed by atoms with E-state index in [2.05, 4.69) is 39.8 Å². The summed E-state index contributed by atoms with van der Waals surface area (Å²) in [5.41, 5.74) is 0. The van der Waals surface area contributed by atoms with E-state index in [4.69, 9.17) is 0 Å². The van der Waals surface area contributed by atoms with Crippen LogP contribution in [0.15, 0.2) is 12.4 Å². The van der Waals surface area contributed by atoms with Gasteiger partial charge in [-0.15, -0.1) is 0 Å². The van der Waals surface area contributed by atoms with E-state index in [0.717, 1.165) is 24.6 Å². The highest BCUT2D eigenvalue weighted by atomic mass is 15.1. The van der Waals surface area contributed by atoms with Crippen LogP contribution in [0.4, 0.5) is 11.6 Å². The third kappa shape index (κ3) is 5.03. The van der Waals surface area contributed by atoms with Crippen molar-refractivity contribution in [3.63, 3.8) is 0 Å². The first-order valence-corrected chi connectivity index (χ1v) is 7.30. The molecule has 2 rings (SSSR count). The maximum atomic E-state index is 4.25. The Labute approximate surface area is 115 Å². The Morgan fingerprint density at radius 1 is 1.32 bits per heavy atom. The molecule has 106 valence electrons. The van der Waals surface area contributed by atoms with Crippen molar-refractivity contribution < 1.29 is 0 Å². The minimum Gasteiger partial charge on any atom is -0.370 e. The van der Waals surface area contributed by atoms with Crippen LogP contribution in [0.5, 0.6) is 0 Å². The molecule has 1 atom stereocenters. The van der Waals surface area contributed by atoms with E-state index in [-0.39, 0.29) is 0 Å². The van der Waals surface area contributed by atoms with Crippen LogP contribution in [-0.2, 0) is 0 Å². The highest BCUT2D eigenvalue weighted by molar-refractivity contribution is 5.46. The van der Waals surface area contributed by atoms with E-state index in [1.54, 1.807) is 6.33 Å². The first-order valence-electron chi connectivity index (χ1n) is 7.30. The molecule has 5 heteroatoms. The molecule has 0 saturated carbocycles. The van der Waals surface area contributed by atoms with Crippen molar-refractivity contribution in [1.82, 2.24) is 15.3 Å². The second-order valence-electron chi connectivity index (χ2n) is 5.45. The number of hydrogen-bond acceptors (Lipinski definition) is 5. The average molecular weight is 263 g/mol. The van der Waals surface area contributed by atoms with Gasteiger partial charge in [0.15, 0.2) is 0 Å². The van der Waals surface area contributed by atoms with Crippen LogP contribution in [0.3, 0.4) is 0 Å². The molecule has 1 aliphatic rings. The molecule has 0 aliphatic carbocycles. The molecule has 0 aromatic carbocycles. The van der Waals surface area contributed by atoms with Gasteiger partial charge < -0.3 is 16.0 Å². The first-order chi connectivity index (χ1) is 9.24. The number of nitrogens with zero attached hydrogens (tertiary/aromatic N) is 2. The van der Waals surface area contributed by atoms with Crippen molar-refractivity contribution in [1.29, 1.82) is 0 Å². The van der Waals surface area contributed by atoms with Crippen molar-refractivity contribution in [2.75, 3.05) is 23.7 Å². The average Bonchev–Trinajstić information content (AvgIpc) is 2.40. The van der Waals surface area contributed by atoms with Gasteiger partial charge >= 0.3 is 0 Å². The molecular formula is C14H25N5. The Balaban J connectivity index is 1.75. The Bertz CT molecular complexity index is 374. The van der Waals surface area contributed by atoms with E-state index in [9.17, 15) is 0 Å². The fraction of sp³-hybridized carbons (Fsp3) is 0.714. The van der Waals surface area contributed by atoms with Crippen LogP contribution in [-0.4, -0.2) is 35.1 Å². The molecule has 2 heterocycles. The first kappa shape index (κ1) is 14.1. The summed E-state index contributed by atoms with van der Waals surface area (Å²) >= 11 is 0. The monoisotopic (exact) mass is 263 g/mol. The van der Waals surface area contributed by atoms with Gasteiger partial charge in [0.25, 0.3) is 0 Å². The molecule has 1 fully saturated rings. The lowest BCUT2D eigenvalue weighted by atomic mass is 10.0. The van der Waals surface area contributed by atoms with Gasteiger partial charge in [0.05, 0.1) is 0 Å². The fourth-order valence-corrected chi connectivity index (χ4v) is 2.37. The molecule has 1 aromatic heterocycles. The summed E-state index contributed by atoms with van der Waals surface area (Å²) < 4.78 is 0. The van der Waals surface area contributed by atoms with Gasteiger partial charge in [0.2, 0.25) is 0 Å². The van der Waals surface area contributed by atoms with Crippen LogP contribution in [0.1, 0.15) is 39.5 Å². The van der Waals surface area contributed by atoms with Crippen LogP contribution in [0.25, 0.3) is 0 Å². The molecule has 1 aliphatic heterocycles. The van der Waals surface area contributed by atoms with E-state index in [1.165, 1.54) is 25.8 Å². The van der Waals surface area contributed by atoms with Gasteiger partial charge in [-0.1, -0.05) is 6.42 Å². The van der Waals surface area contributed by atoms with E-state index < -0.39 is 0 Å². The van der Waals surface area contributed by atoms with Crippen LogP contribution < -0.4 is 16.0 Å². The summed E-state index contributed by atoms with van der Waals surface area (Å²) in [6.07, 6.45) is 6.72. The zero-order valence-corrected chi connectivity index (χ0v) is 11.9. The highest BCUT2D eigenvalue weighted by Crippen LogP contribution is 2.12. The summed E-state index contributed by atoms with van der Waals surface area (Å²) in [6, 6.07) is 3.01. The third-order valence-electron chi connectivity index (χ3n) is 3.31. The number of piperidine rings is 1. The quantitative estimate of drug-likeness (QED) is 0.735. The van der Waals surface area contributed by atoms with Gasteiger partial charge in [-0.3, -0.25) is 0 Å².